The van der Waals surface area contributed by atoms with Crippen molar-refractivity contribution in [3.8, 4) is 17.0 Å². The Kier molecular flexibility index (Phi) is 5.66. The van der Waals surface area contributed by atoms with Crippen molar-refractivity contribution in [2.45, 2.75) is 25.8 Å². The van der Waals surface area contributed by atoms with E-state index in [1.54, 1.807) is 13.3 Å². The van der Waals surface area contributed by atoms with E-state index in [0.29, 0.717) is 18.2 Å². The van der Waals surface area contributed by atoms with E-state index in [-0.39, 0.29) is 5.91 Å². The average Bonchev–Trinajstić information content (AvgIpc) is 3.14. The Bertz CT molecular complexity index is 715. The van der Waals surface area contributed by atoms with Gasteiger partial charge in [0.1, 0.15) is 5.75 Å². The second-order valence-corrected chi connectivity index (χ2v) is 6.29. The van der Waals surface area contributed by atoms with Crippen molar-refractivity contribution in [2.24, 2.45) is 0 Å². The quantitative estimate of drug-likeness (QED) is 0.879. The molecule has 0 aliphatic carbocycles. The Balaban J connectivity index is 1.62. The van der Waals surface area contributed by atoms with Gasteiger partial charge in [-0.15, -0.1) is 0 Å². The van der Waals surface area contributed by atoms with Crippen molar-refractivity contribution in [1.29, 1.82) is 0 Å². The van der Waals surface area contributed by atoms with E-state index in [2.05, 4.69) is 22.1 Å². The van der Waals surface area contributed by atoms with Crippen molar-refractivity contribution >= 4 is 5.91 Å². The molecule has 1 aliphatic rings. The standard InChI is InChI=1S/C20H25N3O2/c1-3-23-12-4-5-17(23)14-22-20(24)16-8-6-15(7-9-16)19-13-18(25-2)10-11-21-19/h6-11,13,17H,3-5,12,14H2,1-2H3,(H,22,24)/t17-/m0/s1. The van der Waals surface area contributed by atoms with Gasteiger partial charge in [0.05, 0.1) is 12.8 Å². The minimum Gasteiger partial charge on any atom is -0.497 e. The molecule has 5 heteroatoms. The first-order valence-electron chi connectivity index (χ1n) is 8.84. The molecule has 0 saturated carbocycles. The minimum atomic E-state index is -0.0203. The molecule has 1 aromatic carbocycles. The van der Waals surface area contributed by atoms with E-state index in [1.165, 1.54) is 6.42 Å². The lowest BCUT2D eigenvalue weighted by molar-refractivity contribution is 0.0941. The van der Waals surface area contributed by atoms with Gasteiger partial charge in [0, 0.05) is 36.0 Å². The number of amides is 1. The summed E-state index contributed by atoms with van der Waals surface area (Å²) in [4.78, 5) is 19.2. The lowest BCUT2D eigenvalue weighted by Crippen LogP contribution is -2.40. The number of rotatable bonds is 6. The molecule has 2 heterocycles. The third-order valence-electron chi connectivity index (χ3n) is 4.81. The SMILES string of the molecule is CCN1CCC[C@H]1CNC(=O)c1ccc(-c2cc(OC)ccn2)cc1. The monoisotopic (exact) mass is 339 g/mol. The Labute approximate surface area is 149 Å². The maximum absolute atomic E-state index is 12.4. The number of ether oxygens (including phenoxy) is 1. The van der Waals surface area contributed by atoms with Gasteiger partial charge in [-0.1, -0.05) is 19.1 Å². The Morgan fingerprint density at radius 2 is 2.12 bits per heavy atom. The number of aromatic nitrogens is 1. The molecular formula is C20H25N3O2. The van der Waals surface area contributed by atoms with Gasteiger partial charge in [-0.3, -0.25) is 14.7 Å². The van der Waals surface area contributed by atoms with Crippen LogP contribution < -0.4 is 10.1 Å². The first-order chi connectivity index (χ1) is 12.2. The van der Waals surface area contributed by atoms with Crippen molar-refractivity contribution in [3.63, 3.8) is 0 Å². The highest BCUT2D eigenvalue weighted by Gasteiger charge is 2.23. The fourth-order valence-corrected chi connectivity index (χ4v) is 3.34. The third-order valence-corrected chi connectivity index (χ3v) is 4.81. The van der Waals surface area contributed by atoms with Crippen LogP contribution in [0.25, 0.3) is 11.3 Å². The lowest BCUT2D eigenvalue weighted by Gasteiger charge is -2.22. The molecule has 25 heavy (non-hydrogen) atoms. The van der Waals surface area contributed by atoms with Gasteiger partial charge in [-0.25, -0.2) is 0 Å². The molecule has 1 amide bonds. The van der Waals surface area contributed by atoms with E-state index in [4.69, 9.17) is 4.74 Å². The molecule has 1 N–H and O–H groups in total. The largest absolute Gasteiger partial charge is 0.497 e. The van der Waals surface area contributed by atoms with Gasteiger partial charge in [-0.05, 0) is 44.1 Å². The van der Waals surface area contributed by atoms with Crippen molar-refractivity contribution in [2.75, 3.05) is 26.7 Å². The summed E-state index contributed by atoms with van der Waals surface area (Å²) in [5, 5.41) is 3.07. The maximum Gasteiger partial charge on any atom is 0.251 e. The summed E-state index contributed by atoms with van der Waals surface area (Å²) in [6, 6.07) is 11.7. The topological polar surface area (TPSA) is 54.5 Å². The summed E-state index contributed by atoms with van der Waals surface area (Å²) in [6.07, 6.45) is 4.10. The zero-order valence-electron chi connectivity index (χ0n) is 14.9. The molecule has 1 aliphatic heterocycles. The summed E-state index contributed by atoms with van der Waals surface area (Å²) < 4.78 is 5.23. The van der Waals surface area contributed by atoms with Crippen LogP contribution in [0.1, 0.15) is 30.1 Å². The van der Waals surface area contributed by atoms with E-state index >= 15 is 0 Å². The molecular weight excluding hydrogens is 314 g/mol. The molecule has 3 rings (SSSR count). The predicted molar refractivity (Wildman–Crippen MR) is 98.8 cm³/mol. The summed E-state index contributed by atoms with van der Waals surface area (Å²) in [6.45, 7) is 5.07. The number of nitrogens with one attached hydrogen (secondary N) is 1. The molecule has 2 aromatic rings. The normalized spacial score (nSPS) is 17.4. The minimum absolute atomic E-state index is 0.0203. The Morgan fingerprint density at radius 3 is 2.84 bits per heavy atom. The van der Waals surface area contributed by atoms with Gasteiger partial charge in [0.25, 0.3) is 5.91 Å². The second kappa shape index (κ2) is 8.12. The summed E-state index contributed by atoms with van der Waals surface area (Å²) in [5.41, 5.74) is 2.46. The molecule has 5 nitrogen and oxygen atoms in total. The molecule has 1 fully saturated rings. The van der Waals surface area contributed by atoms with Crippen LogP contribution in [0.3, 0.4) is 0 Å². The maximum atomic E-state index is 12.4. The highest BCUT2D eigenvalue weighted by Crippen LogP contribution is 2.21. The van der Waals surface area contributed by atoms with Crippen LogP contribution in [-0.2, 0) is 0 Å². The number of nitrogens with zero attached hydrogens (tertiary/aromatic N) is 2. The van der Waals surface area contributed by atoms with Gasteiger partial charge < -0.3 is 10.1 Å². The number of carbonyl (C=O) groups is 1. The van der Waals surface area contributed by atoms with Gasteiger partial charge in [0.15, 0.2) is 0 Å². The summed E-state index contributed by atoms with van der Waals surface area (Å²) in [7, 11) is 1.64. The molecule has 0 radical (unpaired) electrons. The van der Waals surface area contributed by atoms with Gasteiger partial charge in [0.2, 0.25) is 0 Å². The van der Waals surface area contributed by atoms with Gasteiger partial charge >= 0.3 is 0 Å². The van der Waals surface area contributed by atoms with Crippen LogP contribution in [-0.4, -0.2) is 48.6 Å². The van der Waals surface area contributed by atoms with Crippen LogP contribution >= 0.6 is 0 Å². The predicted octanol–water partition coefficient (Wildman–Crippen LogP) is 2.97. The molecule has 0 bridgehead atoms. The number of likely N-dealkylation sites (N-methyl/N-ethyl adjacent to an activating group) is 1. The molecule has 1 atom stereocenters. The number of carbonyl (C=O) groups excluding carboxylic acids is 1. The first-order valence-corrected chi connectivity index (χ1v) is 8.84. The zero-order valence-corrected chi connectivity index (χ0v) is 14.9. The Hall–Kier alpha value is -2.40. The highest BCUT2D eigenvalue weighted by atomic mass is 16.5. The second-order valence-electron chi connectivity index (χ2n) is 6.29. The van der Waals surface area contributed by atoms with Crippen molar-refractivity contribution in [1.82, 2.24) is 15.2 Å². The number of hydrogen-bond acceptors (Lipinski definition) is 4. The summed E-state index contributed by atoms with van der Waals surface area (Å²) >= 11 is 0. The van der Waals surface area contributed by atoms with Gasteiger partial charge in [-0.2, -0.15) is 0 Å². The van der Waals surface area contributed by atoms with E-state index in [1.807, 2.05) is 36.4 Å². The van der Waals surface area contributed by atoms with Crippen molar-refractivity contribution in [3.05, 3.63) is 48.2 Å². The van der Waals surface area contributed by atoms with Crippen LogP contribution in [0.5, 0.6) is 5.75 Å². The fourth-order valence-electron chi connectivity index (χ4n) is 3.34. The number of likely N-dealkylation sites (tertiary alicyclic amines) is 1. The van der Waals surface area contributed by atoms with E-state index in [0.717, 1.165) is 36.5 Å². The van der Waals surface area contributed by atoms with Crippen LogP contribution in [0, 0.1) is 0 Å². The third kappa shape index (κ3) is 4.17. The van der Waals surface area contributed by atoms with E-state index < -0.39 is 0 Å². The number of pyridine rings is 1. The zero-order chi connectivity index (χ0) is 17.6. The van der Waals surface area contributed by atoms with Crippen molar-refractivity contribution < 1.29 is 9.53 Å². The first kappa shape index (κ1) is 17.4. The molecule has 1 saturated heterocycles. The Morgan fingerprint density at radius 1 is 1.32 bits per heavy atom. The highest BCUT2D eigenvalue weighted by molar-refractivity contribution is 5.94. The molecule has 132 valence electrons. The molecule has 0 unspecified atom stereocenters. The number of benzene rings is 1. The van der Waals surface area contributed by atoms with E-state index in [9.17, 15) is 4.79 Å². The average molecular weight is 339 g/mol. The number of hydrogen-bond donors (Lipinski definition) is 1. The van der Waals surface area contributed by atoms with Crippen LogP contribution in [0.2, 0.25) is 0 Å². The number of methoxy groups -OCH3 is 1. The fraction of sp³-hybridized carbons (Fsp3) is 0.400. The summed E-state index contributed by atoms with van der Waals surface area (Å²) in [5.74, 6) is 0.747. The van der Waals surface area contributed by atoms with Crippen LogP contribution in [0.15, 0.2) is 42.6 Å². The molecule has 0 spiro atoms. The smallest absolute Gasteiger partial charge is 0.251 e. The lowest BCUT2D eigenvalue weighted by atomic mass is 10.1. The van der Waals surface area contributed by atoms with Crippen LogP contribution in [0.4, 0.5) is 0 Å². The molecule has 1 aromatic heterocycles.